The van der Waals surface area contributed by atoms with Gasteiger partial charge in [0.2, 0.25) is 11.8 Å². The maximum Gasteiger partial charge on any atom is 0.233 e. The average molecular weight is 345 g/mol. The van der Waals surface area contributed by atoms with Crippen LogP contribution in [-0.4, -0.2) is 73.6 Å². The van der Waals surface area contributed by atoms with E-state index in [2.05, 4.69) is 10.2 Å². The summed E-state index contributed by atoms with van der Waals surface area (Å²) in [7, 11) is 1.67. The molecule has 2 amide bonds. The number of hydrogen-bond acceptors (Lipinski definition) is 4. The summed E-state index contributed by atoms with van der Waals surface area (Å²) in [4.78, 5) is 28.6. The number of ether oxygens (including phenoxy) is 1. The molecule has 6 nitrogen and oxygen atoms in total. The lowest BCUT2D eigenvalue weighted by Crippen LogP contribution is -2.63. The molecular formula is C19H27N3O3. The number of likely N-dealkylation sites (N-methyl/N-ethyl adjacent to an activating group) is 1. The van der Waals surface area contributed by atoms with E-state index in [4.69, 9.17) is 4.74 Å². The minimum Gasteiger partial charge on any atom is -0.378 e. The predicted octanol–water partition coefficient (Wildman–Crippen LogP) is 0.669. The molecule has 0 aromatic heterocycles. The highest BCUT2D eigenvalue weighted by Gasteiger charge is 2.43. The van der Waals surface area contributed by atoms with Gasteiger partial charge in [-0.2, -0.15) is 0 Å². The van der Waals surface area contributed by atoms with Crippen molar-refractivity contribution in [3.05, 3.63) is 35.9 Å². The van der Waals surface area contributed by atoms with Crippen LogP contribution < -0.4 is 5.32 Å². The molecule has 136 valence electrons. The van der Waals surface area contributed by atoms with Crippen molar-refractivity contribution < 1.29 is 14.3 Å². The first-order chi connectivity index (χ1) is 12.1. The van der Waals surface area contributed by atoms with Gasteiger partial charge in [-0.05, 0) is 18.4 Å². The van der Waals surface area contributed by atoms with Crippen molar-refractivity contribution in [1.82, 2.24) is 15.1 Å². The van der Waals surface area contributed by atoms with Crippen LogP contribution in [0.15, 0.2) is 30.3 Å². The van der Waals surface area contributed by atoms with Gasteiger partial charge >= 0.3 is 0 Å². The number of likely N-dealkylation sites (tertiary alicyclic amines) is 1. The van der Waals surface area contributed by atoms with E-state index < -0.39 is 0 Å². The van der Waals surface area contributed by atoms with Crippen LogP contribution in [0.1, 0.15) is 18.4 Å². The zero-order valence-corrected chi connectivity index (χ0v) is 14.9. The zero-order valence-electron chi connectivity index (χ0n) is 14.9. The van der Waals surface area contributed by atoms with E-state index in [1.165, 1.54) is 0 Å². The Balaban J connectivity index is 1.59. The molecular weight excluding hydrogens is 318 g/mol. The van der Waals surface area contributed by atoms with Crippen molar-refractivity contribution >= 4 is 11.8 Å². The number of carbonyl (C=O) groups excluding carboxylic acids is 2. The maximum absolute atomic E-state index is 12.6. The first-order valence-electron chi connectivity index (χ1n) is 8.98. The van der Waals surface area contributed by atoms with E-state index in [0.29, 0.717) is 26.2 Å². The Labute approximate surface area is 149 Å². The molecule has 2 aliphatic rings. The molecule has 2 heterocycles. The molecule has 0 unspecified atom stereocenters. The number of nitrogens with one attached hydrogen (secondary N) is 1. The fraction of sp³-hybridized carbons (Fsp3) is 0.579. The third-order valence-corrected chi connectivity index (χ3v) is 5.41. The van der Waals surface area contributed by atoms with Crippen LogP contribution in [0, 0.1) is 0 Å². The standard InChI is InChI=1S/C19H27N3O3/c1-20-17(23)14-22-11-12-25-15-19(22)7-9-21(10-8-19)18(24)13-16-5-3-2-4-6-16/h2-6H,7-15H2,1H3,(H,20,23). The maximum atomic E-state index is 12.6. The molecule has 0 aliphatic carbocycles. The normalized spacial score (nSPS) is 20.4. The molecule has 0 atom stereocenters. The van der Waals surface area contributed by atoms with Crippen molar-refractivity contribution in [3.63, 3.8) is 0 Å². The van der Waals surface area contributed by atoms with Gasteiger partial charge in [-0.1, -0.05) is 30.3 Å². The first-order valence-corrected chi connectivity index (χ1v) is 8.98. The summed E-state index contributed by atoms with van der Waals surface area (Å²) in [6.45, 7) is 3.92. The number of nitrogens with zero attached hydrogens (tertiary/aromatic N) is 2. The van der Waals surface area contributed by atoms with E-state index in [1.54, 1.807) is 7.05 Å². The molecule has 0 bridgehead atoms. The summed E-state index contributed by atoms with van der Waals surface area (Å²) in [5, 5.41) is 2.70. The Kier molecular flexibility index (Phi) is 5.71. The molecule has 2 aliphatic heterocycles. The molecule has 1 aromatic rings. The third-order valence-electron chi connectivity index (χ3n) is 5.41. The minimum atomic E-state index is -0.117. The van der Waals surface area contributed by atoms with Crippen molar-refractivity contribution in [2.45, 2.75) is 24.8 Å². The highest BCUT2D eigenvalue weighted by atomic mass is 16.5. The van der Waals surface area contributed by atoms with Gasteiger partial charge in [0.1, 0.15) is 0 Å². The van der Waals surface area contributed by atoms with Gasteiger partial charge < -0.3 is 15.0 Å². The summed E-state index contributed by atoms with van der Waals surface area (Å²) in [6, 6.07) is 9.86. The lowest BCUT2D eigenvalue weighted by Gasteiger charge is -2.50. The first kappa shape index (κ1) is 17.9. The van der Waals surface area contributed by atoms with Crippen molar-refractivity contribution in [2.75, 3.05) is 46.4 Å². The Morgan fingerprint density at radius 3 is 2.56 bits per heavy atom. The van der Waals surface area contributed by atoms with Crippen molar-refractivity contribution in [1.29, 1.82) is 0 Å². The largest absolute Gasteiger partial charge is 0.378 e. The smallest absolute Gasteiger partial charge is 0.233 e. The number of amides is 2. The quantitative estimate of drug-likeness (QED) is 0.871. The number of benzene rings is 1. The van der Waals surface area contributed by atoms with Crippen LogP contribution >= 0.6 is 0 Å². The number of hydrogen-bond donors (Lipinski definition) is 1. The van der Waals surface area contributed by atoms with E-state index in [0.717, 1.165) is 38.0 Å². The lowest BCUT2D eigenvalue weighted by atomic mass is 9.85. The number of carbonyl (C=O) groups is 2. The molecule has 0 radical (unpaired) electrons. The monoisotopic (exact) mass is 345 g/mol. The van der Waals surface area contributed by atoms with E-state index >= 15 is 0 Å². The van der Waals surface area contributed by atoms with E-state index in [-0.39, 0.29) is 17.4 Å². The van der Waals surface area contributed by atoms with Crippen LogP contribution in [0.3, 0.4) is 0 Å². The molecule has 1 spiro atoms. The third kappa shape index (κ3) is 4.19. The molecule has 1 aromatic carbocycles. The van der Waals surface area contributed by atoms with Crippen LogP contribution in [0.25, 0.3) is 0 Å². The Bertz CT molecular complexity index is 597. The lowest BCUT2D eigenvalue weighted by molar-refractivity contribution is -0.141. The number of rotatable bonds is 4. The van der Waals surface area contributed by atoms with Crippen molar-refractivity contribution in [2.24, 2.45) is 0 Å². The molecule has 25 heavy (non-hydrogen) atoms. The van der Waals surface area contributed by atoms with E-state index in [1.807, 2.05) is 35.2 Å². The summed E-state index contributed by atoms with van der Waals surface area (Å²) < 4.78 is 5.72. The van der Waals surface area contributed by atoms with E-state index in [9.17, 15) is 9.59 Å². The van der Waals surface area contributed by atoms with Gasteiger partial charge in [0.05, 0.1) is 26.2 Å². The summed E-state index contributed by atoms with van der Waals surface area (Å²) in [5.74, 6) is 0.208. The molecule has 3 rings (SSSR count). The predicted molar refractivity (Wildman–Crippen MR) is 95.1 cm³/mol. The average Bonchev–Trinajstić information content (AvgIpc) is 2.65. The van der Waals surface area contributed by atoms with Crippen LogP contribution in [0.2, 0.25) is 0 Å². The highest BCUT2D eigenvalue weighted by Crippen LogP contribution is 2.31. The molecule has 0 saturated carbocycles. The molecule has 1 N–H and O–H groups in total. The summed E-state index contributed by atoms with van der Waals surface area (Å²) >= 11 is 0. The Morgan fingerprint density at radius 2 is 1.88 bits per heavy atom. The second-order valence-electron chi connectivity index (χ2n) is 6.91. The molecule has 2 fully saturated rings. The van der Waals surface area contributed by atoms with Gasteiger partial charge in [-0.3, -0.25) is 14.5 Å². The second kappa shape index (κ2) is 7.97. The Morgan fingerprint density at radius 1 is 1.16 bits per heavy atom. The van der Waals surface area contributed by atoms with Gasteiger partial charge in [0, 0.05) is 32.2 Å². The zero-order chi connectivity index (χ0) is 17.7. The Hall–Kier alpha value is -1.92. The van der Waals surface area contributed by atoms with Gasteiger partial charge in [-0.15, -0.1) is 0 Å². The topological polar surface area (TPSA) is 61.9 Å². The van der Waals surface area contributed by atoms with Crippen LogP contribution in [-0.2, 0) is 20.7 Å². The van der Waals surface area contributed by atoms with Crippen LogP contribution in [0.5, 0.6) is 0 Å². The fourth-order valence-corrected chi connectivity index (χ4v) is 3.78. The number of morpholine rings is 1. The van der Waals surface area contributed by atoms with Crippen molar-refractivity contribution in [3.8, 4) is 0 Å². The van der Waals surface area contributed by atoms with Crippen LogP contribution in [0.4, 0.5) is 0 Å². The SMILES string of the molecule is CNC(=O)CN1CCOCC12CCN(C(=O)Cc1ccccc1)CC2. The molecule has 2 saturated heterocycles. The van der Waals surface area contributed by atoms with Gasteiger partial charge in [0.15, 0.2) is 0 Å². The minimum absolute atomic E-state index is 0.0314. The highest BCUT2D eigenvalue weighted by molar-refractivity contribution is 5.79. The molecule has 6 heteroatoms. The number of piperidine rings is 1. The van der Waals surface area contributed by atoms with Gasteiger partial charge in [0.25, 0.3) is 0 Å². The second-order valence-corrected chi connectivity index (χ2v) is 6.91. The summed E-state index contributed by atoms with van der Waals surface area (Å²) in [5.41, 5.74) is 0.934. The fourth-order valence-electron chi connectivity index (χ4n) is 3.78. The van der Waals surface area contributed by atoms with Gasteiger partial charge in [-0.25, -0.2) is 0 Å². The summed E-state index contributed by atoms with van der Waals surface area (Å²) in [6.07, 6.45) is 2.15.